The van der Waals surface area contributed by atoms with Crippen LogP contribution in [0.3, 0.4) is 0 Å². The third-order valence-corrected chi connectivity index (χ3v) is 3.53. The molecule has 1 fully saturated rings. The Balaban J connectivity index is 2.52. The first-order valence-electron chi connectivity index (χ1n) is 6.39. The summed E-state index contributed by atoms with van der Waals surface area (Å²) in [4.78, 5) is 30.0. The van der Waals surface area contributed by atoms with Crippen molar-refractivity contribution in [1.82, 2.24) is 14.1 Å². The van der Waals surface area contributed by atoms with Gasteiger partial charge in [0.2, 0.25) is 5.95 Å². The summed E-state index contributed by atoms with van der Waals surface area (Å²) < 4.78 is 2.77. The zero-order valence-corrected chi connectivity index (χ0v) is 11.2. The molecule has 1 heterocycles. The van der Waals surface area contributed by atoms with Crippen molar-refractivity contribution in [2.45, 2.75) is 38.1 Å². The van der Waals surface area contributed by atoms with Gasteiger partial charge in [-0.1, -0.05) is 19.3 Å². The molecule has 1 aliphatic carbocycles. The zero-order chi connectivity index (χ0) is 13.3. The third-order valence-electron chi connectivity index (χ3n) is 3.53. The lowest BCUT2D eigenvalue weighted by molar-refractivity contribution is 0.326. The second-order valence-corrected chi connectivity index (χ2v) is 5.09. The van der Waals surface area contributed by atoms with Crippen molar-refractivity contribution in [2.75, 3.05) is 19.0 Å². The Hall–Kier alpha value is -1.59. The number of anilines is 1. The Morgan fingerprint density at radius 3 is 2.39 bits per heavy atom. The summed E-state index contributed by atoms with van der Waals surface area (Å²) >= 11 is 0. The Labute approximate surface area is 106 Å². The molecular weight excluding hydrogens is 234 g/mol. The first-order valence-corrected chi connectivity index (χ1v) is 6.39. The van der Waals surface area contributed by atoms with Crippen LogP contribution in [-0.2, 0) is 7.05 Å². The Bertz CT molecular complexity index is 538. The van der Waals surface area contributed by atoms with Crippen LogP contribution < -0.4 is 16.3 Å². The average Bonchev–Trinajstić information content (AvgIpc) is 2.35. The minimum atomic E-state index is -0.423. The highest BCUT2D eigenvalue weighted by molar-refractivity contribution is 5.25. The second-order valence-electron chi connectivity index (χ2n) is 5.09. The number of nitrogens with zero attached hydrogens (tertiary/aromatic N) is 4. The molecule has 6 nitrogen and oxygen atoms in total. The van der Waals surface area contributed by atoms with Gasteiger partial charge in [-0.05, 0) is 12.8 Å². The highest BCUT2D eigenvalue weighted by atomic mass is 16.2. The topological polar surface area (TPSA) is 60.1 Å². The average molecular weight is 254 g/mol. The maximum atomic E-state index is 12.3. The molecule has 0 N–H and O–H groups in total. The fourth-order valence-electron chi connectivity index (χ4n) is 2.59. The van der Waals surface area contributed by atoms with Crippen molar-refractivity contribution in [1.29, 1.82) is 0 Å². The van der Waals surface area contributed by atoms with E-state index in [1.807, 2.05) is 0 Å². The van der Waals surface area contributed by atoms with Gasteiger partial charge in [-0.15, -0.1) is 0 Å². The van der Waals surface area contributed by atoms with Crippen molar-refractivity contribution in [3.8, 4) is 0 Å². The maximum absolute atomic E-state index is 12.3. The van der Waals surface area contributed by atoms with E-state index in [4.69, 9.17) is 0 Å². The van der Waals surface area contributed by atoms with Crippen LogP contribution in [0.1, 0.15) is 38.1 Å². The van der Waals surface area contributed by atoms with Crippen LogP contribution in [0.25, 0.3) is 0 Å². The van der Waals surface area contributed by atoms with E-state index in [-0.39, 0.29) is 11.7 Å². The van der Waals surface area contributed by atoms with E-state index in [1.165, 1.54) is 15.6 Å². The van der Waals surface area contributed by atoms with Crippen LogP contribution in [0.5, 0.6) is 0 Å². The normalized spacial score (nSPS) is 16.8. The van der Waals surface area contributed by atoms with Crippen LogP contribution >= 0.6 is 0 Å². The van der Waals surface area contributed by atoms with E-state index in [9.17, 15) is 9.59 Å². The fourth-order valence-corrected chi connectivity index (χ4v) is 2.59. The summed E-state index contributed by atoms with van der Waals surface area (Å²) in [5, 5.41) is 0. The SMILES string of the molecule is CN(C)[14c]1nc(=O)n(C2CCCCC2)c(=O)n1C. The third kappa shape index (κ3) is 2.19. The van der Waals surface area contributed by atoms with Gasteiger partial charge in [-0.2, -0.15) is 4.98 Å². The van der Waals surface area contributed by atoms with Crippen molar-refractivity contribution in [3.05, 3.63) is 21.0 Å². The van der Waals surface area contributed by atoms with Crippen LogP contribution in [0.4, 0.5) is 5.95 Å². The Morgan fingerprint density at radius 1 is 1.22 bits per heavy atom. The van der Waals surface area contributed by atoms with Gasteiger partial charge < -0.3 is 4.90 Å². The van der Waals surface area contributed by atoms with E-state index >= 15 is 0 Å². The molecular formula is C12H20N4O2. The molecule has 0 aliphatic heterocycles. The van der Waals surface area contributed by atoms with Gasteiger partial charge in [0.25, 0.3) is 0 Å². The van der Waals surface area contributed by atoms with Crippen molar-refractivity contribution >= 4 is 5.95 Å². The molecule has 1 aromatic heterocycles. The predicted molar refractivity (Wildman–Crippen MR) is 70.2 cm³/mol. The second kappa shape index (κ2) is 4.96. The van der Waals surface area contributed by atoms with Crippen LogP contribution in [0, 0.1) is 0 Å². The van der Waals surface area contributed by atoms with Crippen molar-refractivity contribution in [2.24, 2.45) is 7.05 Å². The van der Waals surface area contributed by atoms with Crippen LogP contribution in [0.2, 0.25) is 0 Å². The lowest BCUT2D eigenvalue weighted by Gasteiger charge is -2.24. The Kier molecular flexibility index (Phi) is 3.54. The van der Waals surface area contributed by atoms with Crippen LogP contribution in [0.15, 0.2) is 9.59 Å². The van der Waals surface area contributed by atoms with E-state index < -0.39 is 5.69 Å². The quantitative estimate of drug-likeness (QED) is 0.771. The van der Waals surface area contributed by atoms with Gasteiger partial charge >= 0.3 is 11.4 Å². The standard InChI is InChI=1S/C12H20N4O2/c1-14(2)10-13-11(17)16(12(18)15(10)3)9-7-5-4-6-8-9/h9H,4-8H2,1-3H3/i10+2. The minimum absolute atomic E-state index is 0.0219. The van der Waals surface area contributed by atoms with Gasteiger partial charge in [-0.3, -0.25) is 4.57 Å². The van der Waals surface area contributed by atoms with Gasteiger partial charge in [0.15, 0.2) is 0 Å². The molecule has 0 spiro atoms. The molecule has 1 saturated carbocycles. The van der Waals surface area contributed by atoms with E-state index in [0.29, 0.717) is 5.95 Å². The van der Waals surface area contributed by atoms with Crippen molar-refractivity contribution in [3.63, 3.8) is 0 Å². The number of hydrogen-bond donors (Lipinski definition) is 0. The van der Waals surface area contributed by atoms with E-state index in [0.717, 1.165) is 25.7 Å². The zero-order valence-electron chi connectivity index (χ0n) is 11.2. The minimum Gasteiger partial charge on any atom is -0.348 e. The highest BCUT2D eigenvalue weighted by Crippen LogP contribution is 2.25. The molecule has 0 saturated heterocycles. The Morgan fingerprint density at radius 2 is 1.83 bits per heavy atom. The van der Waals surface area contributed by atoms with E-state index in [1.54, 1.807) is 26.0 Å². The number of rotatable bonds is 2. The lowest BCUT2D eigenvalue weighted by atomic mass is 9.95. The molecule has 0 aromatic carbocycles. The molecule has 0 bridgehead atoms. The van der Waals surface area contributed by atoms with Crippen LogP contribution in [-0.4, -0.2) is 28.2 Å². The summed E-state index contributed by atoms with van der Waals surface area (Å²) in [6, 6.07) is 0.0219. The first kappa shape index (κ1) is 12.9. The maximum Gasteiger partial charge on any atom is 0.355 e. The predicted octanol–water partition coefficient (Wildman–Crippen LogP) is 0.513. The summed E-state index contributed by atoms with van der Waals surface area (Å²) in [5.41, 5.74) is -0.681. The smallest absolute Gasteiger partial charge is 0.348 e. The largest absolute Gasteiger partial charge is 0.355 e. The molecule has 6 heteroatoms. The van der Waals surface area contributed by atoms with Gasteiger partial charge in [-0.25, -0.2) is 14.2 Å². The summed E-state index contributed by atoms with van der Waals surface area (Å²) in [6.45, 7) is 0. The molecule has 100 valence electrons. The summed E-state index contributed by atoms with van der Waals surface area (Å²) in [5.74, 6) is 0.400. The number of hydrogen-bond acceptors (Lipinski definition) is 4. The lowest BCUT2D eigenvalue weighted by Crippen LogP contribution is -2.45. The molecule has 1 aromatic rings. The molecule has 0 radical (unpaired) electrons. The molecule has 0 atom stereocenters. The van der Waals surface area contributed by atoms with Gasteiger partial charge in [0.1, 0.15) is 0 Å². The fraction of sp³-hybridized carbons (Fsp3) is 0.750. The molecule has 0 amide bonds. The van der Waals surface area contributed by atoms with Gasteiger partial charge in [0, 0.05) is 27.2 Å². The molecule has 1 aliphatic rings. The van der Waals surface area contributed by atoms with Gasteiger partial charge in [0.05, 0.1) is 0 Å². The van der Waals surface area contributed by atoms with Crippen molar-refractivity contribution < 1.29 is 0 Å². The summed E-state index contributed by atoms with van der Waals surface area (Å²) in [6.07, 6.45) is 5.15. The number of aromatic nitrogens is 3. The first-order chi connectivity index (χ1) is 8.52. The molecule has 0 unspecified atom stereocenters. The monoisotopic (exact) mass is 254 g/mol. The highest BCUT2D eigenvalue weighted by Gasteiger charge is 2.21. The molecule has 18 heavy (non-hydrogen) atoms. The summed E-state index contributed by atoms with van der Waals surface area (Å²) in [7, 11) is 5.20. The van der Waals surface area contributed by atoms with E-state index in [2.05, 4.69) is 4.98 Å². The molecule has 2 rings (SSSR count).